The van der Waals surface area contributed by atoms with E-state index in [4.69, 9.17) is 10.5 Å². The van der Waals surface area contributed by atoms with Crippen molar-refractivity contribution >= 4 is 11.5 Å². The molecule has 1 aromatic heterocycles. The average molecular weight is 252 g/mol. The molecule has 2 heterocycles. The molecule has 0 bridgehead atoms. The summed E-state index contributed by atoms with van der Waals surface area (Å²) in [5, 5.41) is 4.55. The molecule has 1 unspecified atom stereocenters. The zero-order valence-corrected chi connectivity index (χ0v) is 11.6. The largest absolute Gasteiger partial charge is 0.394 e. The molecule has 0 spiro atoms. The standard InChI is InChI=1S/C13H24N4O/c1-4-6-17-13(12(14)10(3)15-17)16-7-8-18-9-11(16)5-2/h11H,4-9,14H2,1-3H3. The van der Waals surface area contributed by atoms with Crippen LogP contribution in [0, 0.1) is 6.92 Å². The highest BCUT2D eigenvalue weighted by atomic mass is 16.5. The van der Waals surface area contributed by atoms with Crippen LogP contribution in [-0.2, 0) is 11.3 Å². The number of anilines is 2. The second kappa shape index (κ2) is 5.61. The predicted octanol–water partition coefficient (Wildman–Crippen LogP) is 1.80. The highest BCUT2D eigenvalue weighted by Gasteiger charge is 2.27. The van der Waals surface area contributed by atoms with Gasteiger partial charge in [-0.05, 0) is 19.8 Å². The van der Waals surface area contributed by atoms with Crippen molar-refractivity contribution in [3.8, 4) is 0 Å². The number of ether oxygens (including phenoxy) is 1. The van der Waals surface area contributed by atoms with Crippen LogP contribution in [0.15, 0.2) is 0 Å². The van der Waals surface area contributed by atoms with E-state index >= 15 is 0 Å². The van der Waals surface area contributed by atoms with Crippen LogP contribution in [0.25, 0.3) is 0 Å². The molecule has 1 aliphatic heterocycles. The molecule has 1 aliphatic rings. The third-order valence-corrected chi connectivity index (χ3v) is 3.55. The molecule has 1 fully saturated rings. The second-order valence-electron chi connectivity index (χ2n) is 4.88. The number of nitrogen functional groups attached to an aromatic ring is 1. The zero-order valence-electron chi connectivity index (χ0n) is 11.6. The molecule has 1 atom stereocenters. The van der Waals surface area contributed by atoms with E-state index in [1.807, 2.05) is 6.92 Å². The Balaban J connectivity index is 2.35. The first-order valence-electron chi connectivity index (χ1n) is 6.86. The summed E-state index contributed by atoms with van der Waals surface area (Å²) in [5.74, 6) is 1.09. The third-order valence-electron chi connectivity index (χ3n) is 3.55. The van der Waals surface area contributed by atoms with Gasteiger partial charge in [0.25, 0.3) is 0 Å². The quantitative estimate of drug-likeness (QED) is 0.887. The van der Waals surface area contributed by atoms with E-state index in [9.17, 15) is 0 Å². The Morgan fingerprint density at radius 2 is 2.22 bits per heavy atom. The van der Waals surface area contributed by atoms with Crippen molar-refractivity contribution < 1.29 is 4.74 Å². The predicted molar refractivity (Wildman–Crippen MR) is 73.9 cm³/mol. The number of nitrogens with two attached hydrogens (primary N) is 1. The molecule has 0 aliphatic carbocycles. The van der Waals surface area contributed by atoms with Crippen LogP contribution in [0.2, 0.25) is 0 Å². The minimum atomic E-state index is 0.410. The lowest BCUT2D eigenvalue weighted by molar-refractivity contribution is 0.0921. The zero-order chi connectivity index (χ0) is 13.1. The van der Waals surface area contributed by atoms with Crippen molar-refractivity contribution in [2.24, 2.45) is 0 Å². The summed E-state index contributed by atoms with van der Waals surface area (Å²) in [5.41, 5.74) is 7.97. The first kappa shape index (κ1) is 13.2. The summed E-state index contributed by atoms with van der Waals surface area (Å²) in [7, 11) is 0. The molecule has 5 heteroatoms. The average Bonchev–Trinajstić information content (AvgIpc) is 2.65. The fourth-order valence-corrected chi connectivity index (χ4v) is 2.53. The number of morpholine rings is 1. The Bertz CT molecular complexity index is 402. The van der Waals surface area contributed by atoms with Crippen LogP contribution in [0.1, 0.15) is 32.4 Å². The maximum absolute atomic E-state index is 6.22. The van der Waals surface area contributed by atoms with Crippen LogP contribution in [0.5, 0.6) is 0 Å². The number of aryl methyl sites for hydroxylation is 2. The van der Waals surface area contributed by atoms with Gasteiger partial charge in [0.2, 0.25) is 0 Å². The minimum absolute atomic E-state index is 0.410. The van der Waals surface area contributed by atoms with Gasteiger partial charge in [-0.15, -0.1) is 0 Å². The van der Waals surface area contributed by atoms with Gasteiger partial charge in [0.15, 0.2) is 5.82 Å². The van der Waals surface area contributed by atoms with Gasteiger partial charge in [-0.3, -0.25) is 0 Å². The van der Waals surface area contributed by atoms with Crippen molar-refractivity contribution in [1.82, 2.24) is 9.78 Å². The molecule has 5 nitrogen and oxygen atoms in total. The molecule has 2 N–H and O–H groups in total. The van der Waals surface area contributed by atoms with Gasteiger partial charge in [-0.1, -0.05) is 13.8 Å². The fraction of sp³-hybridized carbons (Fsp3) is 0.769. The molecule has 102 valence electrons. The molecule has 0 aromatic carbocycles. The number of hydrogen-bond acceptors (Lipinski definition) is 4. The first-order chi connectivity index (χ1) is 8.69. The summed E-state index contributed by atoms with van der Waals surface area (Å²) in [6, 6.07) is 0.410. The van der Waals surface area contributed by atoms with Crippen molar-refractivity contribution in [3.05, 3.63) is 5.69 Å². The van der Waals surface area contributed by atoms with E-state index in [-0.39, 0.29) is 0 Å². The van der Waals surface area contributed by atoms with Crippen molar-refractivity contribution in [2.75, 3.05) is 30.4 Å². The summed E-state index contributed by atoms with van der Waals surface area (Å²) in [6.45, 7) is 9.70. The molecule has 0 amide bonds. The van der Waals surface area contributed by atoms with E-state index < -0.39 is 0 Å². The summed E-state index contributed by atoms with van der Waals surface area (Å²) >= 11 is 0. The minimum Gasteiger partial charge on any atom is -0.394 e. The number of aromatic nitrogens is 2. The van der Waals surface area contributed by atoms with Crippen molar-refractivity contribution in [3.63, 3.8) is 0 Å². The lowest BCUT2D eigenvalue weighted by Crippen LogP contribution is -2.46. The van der Waals surface area contributed by atoms with E-state index in [1.54, 1.807) is 0 Å². The van der Waals surface area contributed by atoms with Gasteiger partial charge in [-0.25, -0.2) is 4.68 Å². The molecule has 1 aromatic rings. The van der Waals surface area contributed by atoms with E-state index in [0.29, 0.717) is 6.04 Å². The van der Waals surface area contributed by atoms with Gasteiger partial charge in [0, 0.05) is 13.1 Å². The maximum atomic E-state index is 6.22. The van der Waals surface area contributed by atoms with Gasteiger partial charge < -0.3 is 15.4 Å². The Morgan fingerprint density at radius 3 is 2.89 bits per heavy atom. The molecule has 18 heavy (non-hydrogen) atoms. The van der Waals surface area contributed by atoms with Crippen LogP contribution < -0.4 is 10.6 Å². The summed E-state index contributed by atoms with van der Waals surface area (Å²) in [6.07, 6.45) is 2.13. The van der Waals surface area contributed by atoms with Crippen LogP contribution in [-0.4, -0.2) is 35.6 Å². The van der Waals surface area contributed by atoms with Crippen LogP contribution in [0.3, 0.4) is 0 Å². The van der Waals surface area contributed by atoms with Crippen LogP contribution >= 0.6 is 0 Å². The molecule has 1 saturated heterocycles. The summed E-state index contributed by atoms with van der Waals surface area (Å²) in [4.78, 5) is 2.37. The highest BCUT2D eigenvalue weighted by Crippen LogP contribution is 2.30. The second-order valence-corrected chi connectivity index (χ2v) is 4.88. The Hall–Kier alpha value is -1.23. The smallest absolute Gasteiger partial charge is 0.151 e. The SMILES string of the molecule is CCCn1nc(C)c(N)c1N1CCOCC1CC. The third kappa shape index (κ3) is 2.32. The molecule has 2 rings (SSSR count). The molecule has 0 saturated carbocycles. The van der Waals surface area contributed by atoms with Crippen LogP contribution in [0.4, 0.5) is 11.5 Å². The van der Waals surface area contributed by atoms with E-state index in [0.717, 1.165) is 56.3 Å². The number of nitrogens with zero attached hydrogens (tertiary/aromatic N) is 3. The highest BCUT2D eigenvalue weighted by molar-refractivity contribution is 5.66. The lowest BCUT2D eigenvalue weighted by Gasteiger charge is -2.37. The Kier molecular flexibility index (Phi) is 4.11. The molecular formula is C13H24N4O. The Morgan fingerprint density at radius 1 is 1.44 bits per heavy atom. The van der Waals surface area contributed by atoms with Gasteiger partial charge in [0.1, 0.15) is 0 Å². The number of rotatable bonds is 4. The lowest BCUT2D eigenvalue weighted by atomic mass is 10.1. The fourth-order valence-electron chi connectivity index (χ4n) is 2.53. The molecular weight excluding hydrogens is 228 g/mol. The van der Waals surface area contributed by atoms with Crippen molar-refractivity contribution in [1.29, 1.82) is 0 Å². The normalized spacial score (nSPS) is 20.4. The van der Waals surface area contributed by atoms with E-state index in [2.05, 4.69) is 28.5 Å². The van der Waals surface area contributed by atoms with Gasteiger partial charge >= 0.3 is 0 Å². The van der Waals surface area contributed by atoms with E-state index in [1.165, 1.54) is 0 Å². The van der Waals surface area contributed by atoms with Crippen molar-refractivity contribution in [2.45, 2.75) is 46.2 Å². The number of hydrogen-bond donors (Lipinski definition) is 1. The Labute approximate surface area is 109 Å². The maximum Gasteiger partial charge on any atom is 0.151 e. The topological polar surface area (TPSA) is 56.3 Å². The monoisotopic (exact) mass is 252 g/mol. The van der Waals surface area contributed by atoms with Gasteiger partial charge in [0.05, 0.1) is 30.6 Å². The first-order valence-corrected chi connectivity index (χ1v) is 6.86. The van der Waals surface area contributed by atoms with Gasteiger partial charge in [-0.2, -0.15) is 5.10 Å². The molecule has 0 radical (unpaired) electrons. The summed E-state index contributed by atoms with van der Waals surface area (Å²) < 4.78 is 7.61.